The molecule has 0 spiro atoms. The van der Waals surface area contributed by atoms with E-state index in [9.17, 15) is 0 Å². The summed E-state index contributed by atoms with van der Waals surface area (Å²) < 4.78 is 11.6. The maximum absolute atomic E-state index is 5.34. The van der Waals surface area contributed by atoms with Gasteiger partial charge in [0.1, 0.15) is 0 Å². The number of ether oxygens (including phenoxy) is 2. The van der Waals surface area contributed by atoms with E-state index in [-0.39, 0.29) is 0 Å². The van der Waals surface area contributed by atoms with Crippen LogP contribution in [0.15, 0.2) is 55.0 Å². The van der Waals surface area contributed by atoms with E-state index in [2.05, 4.69) is 26.3 Å². The summed E-state index contributed by atoms with van der Waals surface area (Å²) in [6, 6.07) is 11.9. The highest BCUT2D eigenvalue weighted by Crippen LogP contribution is 2.34. The Labute approximate surface area is 154 Å². The van der Waals surface area contributed by atoms with Gasteiger partial charge in [0.15, 0.2) is 10.9 Å². The fraction of sp³-hybridized carbons (Fsp3) is 0.105. The summed E-state index contributed by atoms with van der Waals surface area (Å²) in [5.74, 6) is 1.08. The quantitative estimate of drug-likeness (QED) is 0.562. The minimum atomic E-state index is 0.470. The van der Waals surface area contributed by atoms with Gasteiger partial charge in [-0.2, -0.15) is 0 Å². The molecule has 0 amide bonds. The molecule has 7 heteroatoms. The van der Waals surface area contributed by atoms with Crippen LogP contribution in [0.3, 0.4) is 0 Å². The fourth-order valence-corrected chi connectivity index (χ4v) is 3.53. The Morgan fingerprint density at radius 1 is 1.00 bits per heavy atom. The molecule has 1 N–H and O–H groups in total. The number of benzene rings is 1. The molecule has 0 bridgehead atoms. The molecule has 3 aromatic heterocycles. The van der Waals surface area contributed by atoms with Gasteiger partial charge in [-0.15, -0.1) is 0 Å². The second-order valence-corrected chi connectivity index (χ2v) is 6.53. The van der Waals surface area contributed by atoms with Gasteiger partial charge < -0.3 is 14.8 Å². The van der Waals surface area contributed by atoms with Crippen LogP contribution in [0.4, 0.5) is 10.8 Å². The smallest absolute Gasteiger partial charge is 0.256 e. The molecule has 130 valence electrons. The van der Waals surface area contributed by atoms with Gasteiger partial charge in [-0.1, -0.05) is 17.4 Å². The Morgan fingerprint density at radius 3 is 2.69 bits per heavy atom. The summed E-state index contributed by atoms with van der Waals surface area (Å²) in [6.07, 6.45) is 5.29. The molecule has 0 aliphatic heterocycles. The zero-order valence-corrected chi connectivity index (χ0v) is 15.1. The average molecular weight is 364 g/mol. The lowest BCUT2D eigenvalue weighted by Gasteiger charge is -2.08. The van der Waals surface area contributed by atoms with Gasteiger partial charge in [0.2, 0.25) is 0 Å². The van der Waals surface area contributed by atoms with E-state index in [1.807, 2.05) is 30.3 Å². The third kappa shape index (κ3) is 3.16. The van der Waals surface area contributed by atoms with Crippen LogP contribution < -0.4 is 14.8 Å². The molecule has 1 aromatic carbocycles. The van der Waals surface area contributed by atoms with Crippen molar-refractivity contribution in [3.8, 4) is 22.8 Å². The topological polar surface area (TPSA) is 69.2 Å². The van der Waals surface area contributed by atoms with Crippen LogP contribution in [0.25, 0.3) is 21.3 Å². The minimum absolute atomic E-state index is 0.470. The number of anilines is 2. The molecular weight excluding hydrogens is 348 g/mol. The zero-order valence-electron chi connectivity index (χ0n) is 14.3. The van der Waals surface area contributed by atoms with Crippen molar-refractivity contribution in [1.82, 2.24) is 15.0 Å². The molecule has 4 rings (SSSR count). The Balaban J connectivity index is 1.67. The largest absolute Gasteiger partial charge is 0.491 e. The van der Waals surface area contributed by atoms with Crippen LogP contribution in [-0.2, 0) is 0 Å². The van der Waals surface area contributed by atoms with Gasteiger partial charge >= 0.3 is 0 Å². The van der Waals surface area contributed by atoms with Crippen molar-refractivity contribution in [3.05, 3.63) is 55.0 Å². The van der Waals surface area contributed by atoms with Crippen LogP contribution in [-0.4, -0.2) is 29.2 Å². The molecule has 6 nitrogen and oxygen atoms in total. The second kappa shape index (κ2) is 6.97. The van der Waals surface area contributed by atoms with Crippen molar-refractivity contribution >= 4 is 32.4 Å². The molecule has 0 atom stereocenters. The zero-order chi connectivity index (χ0) is 17.9. The Kier molecular flexibility index (Phi) is 4.37. The van der Waals surface area contributed by atoms with Gasteiger partial charge in [-0.25, -0.2) is 9.97 Å². The van der Waals surface area contributed by atoms with Crippen LogP contribution in [0, 0.1) is 0 Å². The average Bonchev–Trinajstić information content (AvgIpc) is 3.09. The molecule has 0 fully saturated rings. The number of hydrogen-bond donors (Lipinski definition) is 1. The van der Waals surface area contributed by atoms with Crippen molar-refractivity contribution in [1.29, 1.82) is 0 Å². The van der Waals surface area contributed by atoms with Crippen molar-refractivity contribution in [2.45, 2.75) is 0 Å². The highest BCUT2D eigenvalue weighted by atomic mass is 32.1. The predicted molar refractivity (Wildman–Crippen MR) is 103 cm³/mol. The first-order chi connectivity index (χ1) is 12.8. The van der Waals surface area contributed by atoms with Crippen LogP contribution in [0.2, 0.25) is 0 Å². The number of pyridine rings is 2. The molecule has 4 aromatic rings. The van der Waals surface area contributed by atoms with E-state index >= 15 is 0 Å². The monoisotopic (exact) mass is 364 g/mol. The summed E-state index contributed by atoms with van der Waals surface area (Å²) in [5.41, 5.74) is 3.86. The number of hydrogen-bond acceptors (Lipinski definition) is 7. The van der Waals surface area contributed by atoms with Gasteiger partial charge in [0, 0.05) is 18.0 Å². The van der Waals surface area contributed by atoms with E-state index in [4.69, 9.17) is 9.47 Å². The van der Waals surface area contributed by atoms with Gasteiger partial charge in [-0.3, -0.25) is 4.98 Å². The first-order valence-electron chi connectivity index (χ1n) is 7.93. The molecule has 0 saturated heterocycles. The van der Waals surface area contributed by atoms with Gasteiger partial charge in [0.25, 0.3) is 5.88 Å². The Bertz CT molecular complexity index is 1050. The van der Waals surface area contributed by atoms with Crippen LogP contribution in [0.5, 0.6) is 11.6 Å². The van der Waals surface area contributed by atoms with Crippen molar-refractivity contribution < 1.29 is 9.47 Å². The van der Waals surface area contributed by atoms with Crippen molar-refractivity contribution in [3.63, 3.8) is 0 Å². The van der Waals surface area contributed by atoms with Crippen molar-refractivity contribution in [2.24, 2.45) is 0 Å². The van der Waals surface area contributed by atoms with E-state index in [0.29, 0.717) is 11.6 Å². The van der Waals surface area contributed by atoms with Gasteiger partial charge in [0.05, 0.1) is 36.3 Å². The lowest BCUT2D eigenvalue weighted by molar-refractivity contribution is 0.343. The first kappa shape index (κ1) is 16.3. The third-order valence-corrected chi connectivity index (χ3v) is 4.80. The SMILES string of the molecule is COc1cc(-c2ccc3nc(Nc4cccnc4)sc3c2)cnc1OC. The Hall–Kier alpha value is -3.19. The number of thiazole rings is 1. The van der Waals surface area contributed by atoms with E-state index in [1.165, 1.54) is 0 Å². The minimum Gasteiger partial charge on any atom is -0.491 e. The normalized spacial score (nSPS) is 10.7. The second-order valence-electron chi connectivity index (χ2n) is 5.50. The lowest BCUT2D eigenvalue weighted by Crippen LogP contribution is -1.93. The molecule has 0 radical (unpaired) electrons. The number of rotatable bonds is 5. The number of nitrogens with zero attached hydrogens (tertiary/aromatic N) is 3. The summed E-state index contributed by atoms with van der Waals surface area (Å²) in [4.78, 5) is 13.0. The molecule has 0 aliphatic rings. The number of fused-ring (bicyclic) bond motifs is 1. The molecule has 3 heterocycles. The molecule has 0 unspecified atom stereocenters. The summed E-state index contributed by atoms with van der Waals surface area (Å²) in [6.45, 7) is 0. The van der Waals surface area contributed by atoms with E-state index in [1.54, 1.807) is 44.1 Å². The third-order valence-electron chi connectivity index (χ3n) is 3.87. The Morgan fingerprint density at radius 2 is 1.92 bits per heavy atom. The molecule has 0 aliphatic carbocycles. The van der Waals surface area contributed by atoms with Crippen LogP contribution in [0.1, 0.15) is 0 Å². The summed E-state index contributed by atoms with van der Waals surface area (Å²) in [7, 11) is 3.18. The number of methoxy groups -OCH3 is 2. The highest BCUT2D eigenvalue weighted by molar-refractivity contribution is 7.22. The molecule has 0 saturated carbocycles. The fourth-order valence-electron chi connectivity index (χ4n) is 2.61. The number of nitrogens with one attached hydrogen (secondary N) is 1. The van der Waals surface area contributed by atoms with Crippen LogP contribution >= 0.6 is 11.3 Å². The van der Waals surface area contributed by atoms with Gasteiger partial charge in [-0.05, 0) is 35.9 Å². The van der Waals surface area contributed by atoms with Crippen molar-refractivity contribution in [2.75, 3.05) is 19.5 Å². The molecule has 26 heavy (non-hydrogen) atoms. The van der Waals surface area contributed by atoms with E-state index in [0.717, 1.165) is 32.2 Å². The summed E-state index contributed by atoms with van der Waals surface area (Å²) >= 11 is 1.59. The lowest BCUT2D eigenvalue weighted by atomic mass is 10.1. The number of aromatic nitrogens is 3. The highest BCUT2D eigenvalue weighted by Gasteiger charge is 2.10. The maximum atomic E-state index is 5.34. The molecular formula is C19H16N4O2S. The van der Waals surface area contributed by atoms with E-state index < -0.39 is 0 Å². The first-order valence-corrected chi connectivity index (χ1v) is 8.74. The predicted octanol–water partition coefficient (Wildman–Crippen LogP) is 4.51. The summed E-state index contributed by atoms with van der Waals surface area (Å²) in [5, 5.41) is 4.11. The maximum Gasteiger partial charge on any atom is 0.256 e. The standard InChI is InChI=1S/C19H16N4O2S/c1-24-16-8-13(10-21-18(16)25-2)12-5-6-15-17(9-12)26-19(23-15)22-14-4-3-7-20-11-14/h3-11H,1-2H3,(H,22,23).